The van der Waals surface area contributed by atoms with E-state index in [9.17, 15) is 0 Å². The number of aryl methyl sites for hydroxylation is 1. The van der Waals surface area contributed by atoms with Crippen molar-refractivity contribution >= 4 is 22.9 Å². The van der Waals surface area contributed by atoms with Gasteiger partial charge in [0.1, 0.15) is 5.01 Å². The third-order valence-electron chi connectivity index (χ3n) is 3.04. The summed E-state index contributed by atoms with van der Waals surface area (Å²) in [5.41, 5.74) is 2.36. The number of halogens is 1. The van der Waals surface area contributed by atoms with Gasteiger partial charge >= 0.3 is 0 Å². The molecule has 4 heteroatoms. The van der Waals surface area contributed by atoms with Crippen molar-refractivity contribution < 1.29 is 0 Å². The lowest BCUT2D eigenvalue weighted by Gasteiger charge is -2.22. The second-order valence-corrected chi connectivity index (χ2v) is 6.42. The van der Waals surface area contributed by atoms with Crippen LogP contribution in [0.3, 0.4) is 0 Å². The van der Waals surface area contributed by atoms with Crippen LogP contribution in [-0.4, -0.2) is 4.98 Å². The molecular formula is C15H19ClN2S. The third kappa shape index (κ3) is 4.03. The van der Waals surface area contributed by atoms with Crippen molar-refractivity contribution in [3.63, 3.8) is 0 Å². The van der Waals surface area contributed by atoms with Crippen LogP contribution in [0.15, 0.2) is 29.6 Å². The van der Waals surface area contributed by atoms with Gasteiger partial charge in [-0.3, -0.25) is 0 Å². The van der Waals surface area contributed by atoms with E-state index < -0.39 is 0 Å². The van der Waals surface area contributed by atoms with Crippen LogP contribution in [0.5, 0.6) is 0 Å². The molecular weight excluding hydrogens is 276 g/mol. The summed E-state index contributed by atoms with van der Waals surface area (Å²) in [6, 6.07) is 8.39. The maximum Gasteiger partial charge on any atom is 0.107 e. The molecule has 19 heavy (non-hydrogen) atoms. The zero-order valence-electron chi connectivity index (χ0n) is 11.5. The minimum absolute atomic E-state index is 0.321. The zero-order valence-corrected chi connectivity index (χ0v) is 13.1. The standard InChI is InChI=1S/C15H19ClN2S/c1-10(2)15(12-4-6-13(16)7-5-12)17-8-14-18-11(3)9-19-14/h4-7,9-10,15,17H,8H2,1-3H3. The molecule has 1 N–H and O–H groups in total. The lowest BCUT2D eigenvalue weighted by molar-refractivity contribution is 0.410. The molecule has 0 bridgehead atoms. The third-order valence-corrected chi connectivity index (χ3v) is 4.25. The highest BCUT2D eigenvalue weighted by Gasteiger charge is 2.15. The molecule has 0 amide bonds. The first-order chi connectivity index (χ1) is 9.06. The van der Waals surface area contributed by atoms with E-state index in [1.165, 1.54) is 5.56 Å². The van der Waals surface area contributed by atoms with Crippen molar-refractivity contribution in [3.8, 4) is 0 Å². The van der Waals surface area contributed by atoms with E-state index >= 15 is 0 Å². The highest BCUT2D eigenvalue weighted by Crippen LogP contribution is 2.24. The Morgan fingerprint density at radius 1 is 1.26 bits per heavy atom. The van der Waals surface area contributed by atoms with Gasteiger partial charge in [0.15, 0.2) is 0 Å². The first-order valence-electron chi connectivity index (χ1n) is 6.46. The van der Waals surface area contributed by atoms with Crippen LogP contribution in [0, 0.1) is 12.8 Å². The molecule has 0 saturated carbocycles. The normalized spacial score (nSPS) is 12.9. The molecule has 2 aromatic rings. The van der Waals surface area contributed by atoms with Gasteiger partial charge in [-0.05, 0) is 30.5 Å². The van der Waals surface area contributed by atoms with Gasteiger partial charge in [0.25, 0.3) is 0 Å². The van der Waals surface area contributed by atoms with Gasteiger partial charge in [0, 0.05) is 28.7 Å². The zero-order chi connectivity index (χ0) is 13.8. The SMILES string of the molecule is Cc1csc(CNC(c2ccc(Cl)cc2)C(C)C)n1. The van der Waals surface area contributed by atoms with E-state index in [1.54, 1.807) is 11.3 Å². The Labute approximate surface area is 123 Å². The molecule has 2 rings (SSSR count). The van der Waals surface area contributed by atoms with Crippen LogP contribution in [0.4, 0.5) is 0 Å². The van der Waals surface area contributed by atoms with Gasteiger partial charge in [-0.2, -0.15) is 0 Å². The minimum Gasteiger partial charge on any atom is -0.303 e. The van der Waals surface area contributed by atoms with Crippen LogP contribution in [0.2, 0.25) is 5.02 Å². The van der Waals surface area contributed by atoms with Crippen molar-refractivity contribution in [2.24, 2.45) is 5.92 Å². The Balaban J connectivity index is 2.06. The largest absolute Gasteiger partial charge is 0.303 e. The lowest BCUT2D eigenvalue weighted by atomic mass is 9.96. The molecule has 1 atom stereocenters. The first-order valence-corrected chi connectivity index (χ1v) is 7.72. The van der Waals surface area contributed by atoms with Crippen LogP contribution < -0.4 is 5.32 Å². The quantitative estimate of drug-likeness (QED) is 0.872. The number of rotatable bonds is 5. The topological polar surface area (TPSA) is 24.9 Å². The fraction of sp³-hybridized carbons (Fsp3) is 0.400. The average molecular weight is 295 g/mol. The van der Waals surface area contributed by atoms with Crippen LogP contribution in [-0.2, 0) is 6.54 Å². The number of aromatic nitrogens is 1. The Morgan fingerprint density at radius 3 is 2.47 bits per heavy atom. The van der Waals surface area contributed by atoms with Crippen LogP contribution >= 0.6 is 22.9 Å². The number of thiazole rings is 1. The number of hydrogen-bond donors (Lipinski definition) is 1. The average Bonchev–Trinajstić information content (AvgIpc) is 2.77. The number of nitrogens with zero attached hydrogens (tertiary/aromatic N) is 1. The van der Waals surface area contributed by atoms with Crippen molar-refractivity contribution in [1.82, 2.24) is 10.3 Å². The molecule has 1 aromatic carbocycles. The molecule has 102 valence electrons. The monoisotopic (exact) mass is 294 g/mol. The Bertz CT molecular complexity index is 519. The molecule has 0 aliphatic rings. The second-order valence-electron chi connectivity index (χ2n) is 5.04. The summed E-state index contributed by atoms with van der Waals surface area (Å²) in [7, 11) is 0. The van der Waals surface area contributed by atoms with E-state index in [4.69, 9.17) is 11.6 Å². The van der Waals surface area contributed by atoms with Crippen molar-refractivity contribution in [2.45, 2.75) is 33.4 Å². The fourth-order valence-corrected chi connectivity index (χ4v) is 2.94. The summed E-state index contributed by atoms with van der Waals surface area (Å²) in [4.78, 5) is 4.48. The van der Waals surface area contributed by atoms with Gasteiger partial charge < -0.3 is 5.32 Å². The lowest BCUT2D eigenvalue weighted by Crippen LogP contribution is -2.25. The molecule has 0 radical (unpaired) electrons. The summed E-state index contributed by atoms with van der Waals surface area (Å²) < 4.78 is 0. The Hall–Kier alpha value is -0.900. The van der Waals surface area contributed by atoms with E-state index in [0.717, 1.165) is 22.3 Å². The molecule has 0 spiro atoms. The maximum absolute atomic E-state index is 5.94. The van der Waals surface area contributed by atoms with E-state index in [-0.39, 0.29) is 0 Å². The summed E-state index contributed by atoms with van der Waals surface area (Å²) in [5, 5.41) is 7.59. The van der Waals surface area contributed by atoms with Crippen molar-refractivity contribution in [1.29, 1.82) is 0 Å². The van der Waals surface area contributed by atoms with E-state index in [1.807, 2.05) is 19.1 Å². The van der Waals surface area contributed by atoms with Gasteiger partial charge in [-0.25, -0.2) is 4.98 Å². The molecule has 0 fully saturated rings. The van der Waals surface area contributed by atoms with Gasteiger partial charge in [-0.1, -0.05) is 37.6 Å². The molecule has 2 nitrogen and oxygen atoms in total. The molecule has 0 aliphatic carbocycles. The highest BCUT2D eigenvalue weighted by molar-refractivity contribution is 7.09. The minimum atomic E-state index is 0.321. The van der Waals surface area contributed by atoms with Crippen molar-refractivity contribution in [2.75, 3.05) is 0 Å². The molecule has 1 heterocycles. The number of benzene rings is 1. The van der Waals surface area contributed by atoms with Crippen LogP contribution in [0.1, 0.15) is 36.2 Å². The smallest absolute Gasteiger partial charge is 0.107 e. The number of nitrogens with one attached hydrogen (secondary N) is 1. The summed E-state index contributed by atoms with van der Waals surface area (Å²) >= 11 is 7.65. The molecule has 1 aromatic heterocycles. The van der Waals surface area contributed by atoms with E-state index in [2.05, 4.69) is 41.7 Å². The second kappa shape index (κ2) is 6.51. The first kappa shape index (κ1) is 14.5. The number of hydrogen-bond acceptors (Lipinski definition) is 3. The Morgan fingerprint density at radius 2 is 1.95 bits per heavy atom. The molecule has 1 unspecified atom stereocenters. The maximum atomic E-state index is 5.94. The predicted octanol–water partition coefficient (Wildman–Crippen LogP) is 4.59. The Kier molecular flexibility index (Phi) is 4.97. The molecule has 0 aliphatic heterocycles. The highest BCUT2D eigenvalue weighted by atomic mass is 35.5. The summed E-state index contributed by atoms with van der Waals surface area (Å²) in [6.45, 7) is 7.28. The predicted molar refractivity (Wildman–Crippen MR) is 82.7 cm³/mol. The fourth-order valence-electron chi connectivity index (χ4n) is 2.09. The van der Waals surface area contributed by atoms with Crippen molar-refractivity contribution in [3.05, 3.63) is 50.9 Å². The summed E-state index contributed by atoms with van der Waals surface area (Å²) in [6.07, 6.45) is 0. The molecule has 0 saturated heterocycles. The van der Waals surface area contributed by atoms with E-state index in [0.29, 0.717) is 12.0 Å². The van der Waals surface area contributed by atoms with Gasteiger partial charge in [0.05, 0.1) is 0 Å². The van der Waals surface area contributed by atoms with Crippen LogP contribution in [0.25, 0.3) is 0 Å². The van der Waals surface area contributed by atoms with Gasteiger partial charge in [-0.15, -0.1) is 11.3 Å². The van der Waals surface area contributed by atoms with Gasteiger partial charge in [0.2, 0.25) is 0 Å². The summed E-state index contributed by atoms with van der Waals surface area (Å²) in [5.74, 6) is 0.516.